The highest BCUT2D eigenvalue weighted by Gasteiger charge is 2.34. The highest BCUT2D eigenvalue weighted by molar-refractivity contribution is 6.29. The fourth-order valence-electron chi connectivity index (χ4n) is 7.89. The van der Waals surface area contributed by atoms with Gasteiger partial charge in [-0.05, 0) is 63.8 Å². The molecule has 13 nitrogen and oxygen atoms in total. The Morgan fingerprint density at radius 1 is 0.714 bits per heavy atom. The van der Waals surface area contributed by atoms with Gasteiger partial charge in [0.2, 0.25) is 11.6 Å². The first kappa shape index (κ1) is 42.3. The number of halogens is 3. The number of rotatable bonds is 6. The minimum absolute atomic E-state index is 0. The molecule has 0 amide bonds. The van der Waals surface area contributed by atoms with Gasteiger partial charge in [0, 0.05) is 38.4 Å². The predicted octanol–water partition coefficient (Wildman–Crippen LogP) is 1.04. The maximum Gasteiger partial charge on any atom is 0.367 e. The third kappa shape index (κ3) is 8.59. The molecule has 296 valence electrons. The third-order valence-electron chi connectivity index (χ3n) is 10.3. The molecule has 0 radical (unpaired) electrons. The summed E-state index contributed by atoms with van der Waals surface area (Å²) in [5, 5.41) is 7.59. The van der Waals surface area contributed by atoms with Crippen LogP contribution in [0.3, 0.4) is 0 Å². The van der Waals surface area contributed by atoms with Gasteiger partial charge in [0.1, 0.15) is 17.1 Å². The molecule has 0 atom stereocenters. The van der Waals surface area contributed by atoms with E-state index in [1.165, 1.54) is 50.0 Å². The number of nitrogens with zero attached hydrogens (tertiary/aromatic N) is 8. The summed E-state index contributed by atoms with van der Waals surface area (Å²) in [4.78, 5) is 43.3. The van der Waals surface area contributed by atoms with Crippen molar-refractivity contribution in [1.29, 1.82) is 0 Å². The van der Waals surface area contributed by atoms with Crippen LogP contribution in [0.25, 0.3) is 34.3 Å². The van der Waals surface area contributed by atoms with Gasteiger partial charge in [0.15, 0.2) is 22.4 Å². The first-order valence-electron chi connectivity index (χ1n) is 18.9. The van der Waals surface area contributed by atoms with Crippen LogP contribution in [-0.4, -0.2) is 53.0 Å². The summed E-state index contributed by atoms with van der Waals surface area (Å²) in [6, 6.07) is 15.7. The molecule has 0 unspecified atom stereocenters. The summed E-state index contributed by atoms with van der Waals surface area (Å²) in [6.07, 6.45) is 15.3. The summed E-state index contributed by atoms with van der Waals surface area (Å²) in [7, 11) is 0. The van der Waals surface area contributed by atoms with Gasteiger partial charge in [0.25, 0.3) is 11.8 Å². The second kappa shape index (κ2) is 18.4. The number of nitrogens with two attached hydrogens (primary N) is 1. The van der Waals surface area contributed by atoms with Crippen molar-refractivity contribution in [2.24, 2.45) is 0 Å². The summed E-state index contributed by atoms with van der Waals surface area (Å²) in [6.45, 7) is 7.09. The van der Waals surface area contributed by atoms with E-state index in [2.05, 4.69) is 36.9 Å². The maximum absolute atomic E-state index is 12.6. The van der Waals surface area contributed by atoms with E-state index >= 15 is 0 Å². The van der Waals surface area contributed by atoms with Gasteiger partial charge in [-0.25, -0.2) is 0 Å². The molecule has 0 aromatic carbocycles. The van der Waals surface area contributed by atoms with Crippen molar-refractivity contribution in [1.82, 2.24) is 29.1 Å². The van der Waals surface area contributed by atoms with Crippen LogP contribution in [0.5, 0.6) is 0 Å². The lowest BCUT2D eigenvalue weighted by Gasteiger charge is -2.21. The Kier molecular flexibility index (Phi) is 13.9. The molecule has 8 rings (SSSR count). The molecule has 0 spiro atoms. The first-order chi connectivity index (χ1) is 26.1. The van der Waals surface area contributed by atoms with Gasteiger partial charge < -0.3 is 41.2 Å². The number of carbonyl (C=O) groups is 2. The molecule has 0 bridgehead atoms. The van der Waals surface area contributed by atoms with E-state index in [1.54, 1.807) is 34.4 Å². The van der Waals surface area contributed by atoms with Gasteiger partial charge in [0.05, 0.1) is 17.8 Å². The van der Waals surface area contributed by atoms with Gasteiger partial charge >= 0.3 is 11.6 Å². The highest BCUT2D eigenvalue weighted by atomic mass is 35.5. The number of pyridine rings is 2. The summed E-state index contributed by atoms with van der Waals surface area (Å²) >= 11 is 6.13. The normalized spacial score (nSPS) is 14.7. The average Bonchev–Trinajstić information content (AvgIpc) is 3.66. The molecule has 6 aromatic rings. The second-order valence-electron chi connectivity index (χ2n) is 14.3. The zero-order valence-electron chi connectivity index (χ0n) is 32.1. The topological polar surface area (TPSA) is 154 Å². The molecule has 0 saturated heterocycles. The van der Waals surface area contributed by atoms with Crippen LogP contribution < -0.4 is 50.0 Å². The van der Waals surface area contributed by atoms with Gasteiger partial charge in [-0.3, -0.25) is 19.6 Å². The van der Waals surface area contributed by atoms with E-state index in [0.717, 1.165) is 60.1 Å². The number of imidazole rings is 2. The molecule has 4 N–H and O–H groups in total. The first-order valence-corrected chi connectivity index (χ1v) is 19.2. The largest absolute Gasteiger partial charge is 1.00 e. The standard InChI is InChI=1S/C21H26N5O.C19H21ClN6O.2ClH/c1-14-13-15(2)25-20(24-17-9-5-4-6-10-17)19(18-11-7-8-12-22-18)26(16(3)27)21(25)23-14;1-12(27)25-17(14-9-5-6-10-22-14)18(23-13-7-3-2-4-8-13)26-16(21)11-15(20)24-19(25)26;;/h7-8,11-13,17,24H,4-6,9-10H2,1-3H3;5-6,9-11,13,21H,2-4,7-8H2,1H3,(H,22,23);2*1H/q+1;;;/p-1. The van der Waals surface area contributed by atoms with Crippen molar-refractivity contribution >= 4 is 52.4 Å². The van der Waals surface area contributed by atoms with E-state index in [9.17, 15) is 9.59 Å². The minimum Gasteiger partial charge on any atom is -1.00 e. The fourth-order valence-corrected chi connectivity index (χ4v) is 8.08. The smallest absolute Gasteiger partial charge is 0.367 e. The van der Waals surface area contributed by atoms with E-state index in [4.69, 9.17) is 22.3 Å². The molecule has 6 aromatic heterocycles. The number of nitrogens with one attached hydrogen (secondary N) is 2. The van der Waals surface area contributed by atoms with E-state index in [0.29, 0.717) is 40.8 Å². The summed E-state index contributed by atoms with van der Waals surface area (Å²) in [5.74, 6) is 2.83. The number of carbonyl (C=O) groups excluding carboxylic acids is 2. The van der Waals surface area contributed by atoms with Crippen molar-refractivity contribution in [3.05, 3.63) is 77.5 Å². The van der Waals surface area contributed by atoms with E-state index < -0.39 is 0 Å². The second-order valence-corrected chi connectivity index (χ2v) is 14.7. The lowest BCUT2D eigenvalue weighted by Crippen LogP contribution is -3.00. The summed E-state index contributed by atoms with van der Waals surface area (Å²) in [5.41, 5.74) is 11.1. The molecule has 16 heteroatoms. The Morgan fingerprint density at radius 2 is 1.18 bits per heavy atom. The number of hydrogen-bond acceptors (Lipinski definition) is 9. The number of anilines is 3. The number of fused-ring (bicyclic) bond motifs is 2. The van der Waals surface area contributed by atoms with Crippen LogP contribution in [0.4, 0.5) is 17.5 Å². The van der Waals surface area contributed by atoms with Crippen LogP contribution in [-0.2, 0) is 0 Å². The minimum atomic E-state index is -0.181. The predicted molar refractivity (Wildman–Crippen MR) is 210 cm³/mol. The van der Waals surface area contributed by atoms with Crippen LogP contribution in [0.1, 0.15) is 99.0 Å². The van der Waals surface area contributed by atoms with Crippen LogP contribution in [0, 0.1) is 13.8 Å². The zero-order valence-corrected chi connectivity index (χ0v) is 34.4. The molecule has 2 aliphatic carbocycles. The molecule has 2 saturated carbocycles. The van der Waals surface area contributed by atoms with Crippen LogP contribution in [0.15, 0.2) is 60.9 Å². The van der Waals surface area contributed by atoms with Crippen molar-refractivity contribution in [3.63, 3.8) is 0 Å². The average molecular weight is 821 g/mol. The van der Waals surface area contributed by atoms with Crippen LogP contribution in [0.2, 0.25) is 5.15 Å². The molecule has 2 fully saturated rings. The SMILES string of the molecule is CC(=O)n1c(-c2ccccn2)c(NC2CCCCC2)[n+]2c(C)cc(C)nc12.CC(=O)n1c(-c2ccccn2)c(NC2CCCCC2)[n+]2c(N)cc(Cl)nc12.[Cl-].[Cl-]. The third-order valence-corrected chi connectivity index (χ3v) is 10.5. The lowest BCUT2D eigenvalue weighted by atomic mass is 9.95. The quantitative estimate of drug-likeness (QED) is 0.165. The van der Waals surface area contributed by atoms with E-state index in [1.807, 2.05) is 49.4 Å². The van der Waals surface area contributed by atoms with Crippen molar-refractivity contribution in [2.75, 3.05) is 16.4 Å². The molecular formula is C40H48Cl3N11O2. The maximum atomic E-state index is 12.6. The molecular weight excluding hydrogens is 773 g/mol. The lowest BCUT2D eigenvalue weighted by molar-refractivity contribution is -0.505. The number of aryl methyl sites for hydroxylation is 2. The number of aromatic nitrogens is 8. The highest BCUT2D eigenvalue weighted by Crippen LogP contribution is 2.32. The Labute approximate surface area is 344 Å². The van der Waals surface area contributed by atoms with E-state index in [-0.39, 0.29) is 41.8 Å². The Bertz CT molecular complexity index is 2160. The molecule has 2 aliphatic rings. The molecule has 6 heterocycles. The Hall–Kier alpha value is -4.85. The molecule has 0 aliphatic heterocycles. The summed E-state index contributed by atoms with van der Waals surface area (Å²) < 4.78 is 7.03. The monoisotopic (exact) mass is 819 g/mol. The number of nitrogen functional groups attached to an aromatic ring is 1. The Balaban J connectivity index is 0.000000207. The van der Waals surface area contributed by atoms with Gasteiger partial charge in [-0.2, -0.15) is 17.9 Å². The fraction of sp³-hybridized carbons (Fsp3) is 0.400. The Morgan fingerprint density at radius 3 is 1.62 bits per heavy atom. The van der Waals surface area contributed by atoms with Crippen molar-refractivity contribution < 1.29 is 43.2 Å². The van der Waals surface area contributed by atoms with Crippen LogP contribution >= 0.6 is 11.6 Å². The van der Waals surface area contributed by atoms with Gasteiger partial charge in [-0.1, -0.05) is 62.3 Å². The van der Waals surface area contributed by atoms with Crippen molar-refractivity contribution in [3.8, 4) is 22.8 Å². The van der Waals surface area contributed by atoms with Gasteiger partial charge in [-0.15, -0.1) is 9.97 Å². The zero-order chi connectivity index (χ0) is 37.9. The van der Waals surface area contributed by atoms with Crippen molar-refractivity contribution in [2.45, 2.75) is 104 Å². The molecule has 56 heavy (non-hydrogen) atoms. The number of hydrogen-bond donors (Lipinski definition) is 3.